The lowest BCUT2D eigenvalue weighted by Crippen LogP contribution is -2.43. The number of carbonyl (C=O) groups excluding carboxylic acids is 2. The van der Waals surface area contributed by atoms with Crippen LogP contribution in [0, 0.1) is 11.8 Å². The van der Waals surface area contributed by atoms with Gasteiger partial charge < -0.3 is 19.9 Å². The van der Waals surface area contributed by atoms with Crippen molar-refractivity contribution < 1.29 is 23.8 Å². The number of Topliss-reactive ketones (excluding diaryl/α,β-unsaturated/α-hetero) is 1. The van der Waals surface area contributed by atoms with E-state index in [1.165, 1.54) is 30.9 Å². The van der Waals surface area contributed by atoms with E-state index < -0.39 is 29.6 Å². The molecule has 0 saturated carbocycles. The summed E-state index contributed by atoms with van der Waals surface area (Å²) in [7, 11) is 2.72. The molecule has 1 aromatic carbocycles. The molecule has 1 aromatic heterocycles. The molecule has 1 heterocycles. The number of hydrogen-bond donors (Lipinski definition) is 1. The van der Waals surface area contributed by atoms with Crippen LogP contribution in [0.3, 0.4) is 0 Å². The lowest BCUT2D eigenvalue weighted by atomic mass is 10.1. The van der Waals surface area contributed by atoms with Gasteiger partial charge in [0.25, 0.3) is 5.56 Å². The van der Waals surface area contributed by atoms with Gasteiger partial charge in [-0.1, -0.05) is 27.7 Å². The number of esters is 1. The van der Waals surface area contributed by atoms with Crippen molar-refractivity contribution in [2.45, 2.75) is 40.7 Å². The second-order valence-electron chi connectivity index (χ2n) is 8.81. The summed E-state index contributed by atoms with van der Waals surface area (Å²) < 4.78 is 18.1. The second-order valence-corrected chi connectivity index (χ2v) is 8.81. The number of rotatable bonds is 11. The summed E-state index contributed by atoms with van der Waals surface area (Å²) in [6, 6.07) is 4.54. The van der Waals surface area contributed by atoms with Gasteiger partial charge in [0.05, 0.1) is 19.3 Å². The number of nitrogens with two attached hydrogens (primary N) is 1. The van der Waals surface area contributed by atoms with Crippen LogP contribution in [0.4, 0.5) is 5.82 Å². The Morgan fingerprint density at radius 2 is 1.74 bits per heavy atom. The van der Waals surface area contributed by atoms with E-state index in [4.69, 9.17) is 19.9 Å². The maximum Gasteiger partial charge on any atom is 0.338 e. The van der Waals surface area contributed by atoms with Crippen molar-refractivity contribution in [3.05, 3.63) is 50.2 Å². The lowest BCUT2D eigenvalue weighted by Gasteiger charge is -2.16. The average molecular weight is 476 g/mol. The molecule has 186 valence electrons. The molecule has 34 heavy (non-hydrogen) atoms. The predicted octanol–water partition coefficient (Wildman–Crippen LogP) is 2.26. The highest BCUT2D eigenvalue weighted by atomic mass is 16.5. The Morgan fingerprint density at radius 3 is 2.32 bits per heavy atom. The van der Waals surface area contributed by atoms with Crippen LogP contribution in [-0.2, 0) is 18.3 Å². The van der Waals surface area contributed by atoms with E-state index in [0.717, 1.165) is 11.0 Å². The minimum atomic E-state index is -0.840. The topological polar surface area (TPSA) is 132 Å². The number of methoxy groups -OCH3 is 1. The molecule has 10 heteroatoms. The minimum absolute atomic E-state index is 0.0468. The normalized spacial score (nSPS) is 11.1. The summed E-state index contributed by atoms with van der Waals surface area (Å²) in [4.78, 5) is 50.2. The van der Waals surface area contributed by atoms with Gasteiger partial charge in [-0.05, 0) is 36.5 Å². The number of hydrogen-bond acceptors (Lipinski definition) is 8. The van der Waals surface area contributed by atoms with Crippen LogP contribution in [0.25, 0.3) is 0 Å². The molecule has 0 radical (unpaired) electrons. The second kappa shape index (κ2) is 11.5. The molecular weight excluding hydrogens is 442 g/mol. The summed E-state index contributed by atoms with van der Waals surface area (Å²) in [5.41, 5.74) is 4.29. The van der Waals surface area contributed by atoms with Crippen molar-refractivity contribution in [3.63, 3.8) is 0 Å². The Kier molecular flexibility index (Phi) is 9.05. The van der Waals surface area contributed by atoms with Crippen molar-refractivity contribution in [2.24, 2.45) is 18.9 Å². The standard InChI is InChI=1S/C24H33N3O7/c1-14(2)9-10-33-18-8-7-16(11-19(18)32-6)23(30)34-13-17(28)20-21(25)27(12-15(3)4)24(31)26(5)22(20)29/h7-8,11,14-15H,9-10,12-13,25H2,1-6H3. The Labute approximate surface area is 198 Å². The van der Waals surface area contributed by atoms with Crippen LogP contribution >= 0.6 is 0 Å². The summed E-state index contributed by atoms with van der Waals surface area (Å²) in [6.07, 6.45) is 0.863. The Hall–Kier alpha value is -3.56. The smallest absolute Gasteiger partial charge is 0.338 e. The summed E-state index contributed by atoms with van der Waals surface area (Å²) in [5.74, 6) is -0.468. The number of ketones is 1. The zero-order valence-corrected chi connectivity index (χ0v) is 20.5. The van der Waals surface area contributed by atoms with E-state index in [2.05, 4.69) is 13.8 Å². The number of anilines is 1. The van der Waals surface area contributed by atoms with E-state index in [-0.39, 0.29) is 29.4 Å². The van der Waals surface area contributed by atoms with Gasteiger partial charge in [-0.15, -0.1) is 0 Å². The Bertz CT molecular complexity index is 1160. The zero-order valence-electron chi connectivity index (χ0n) is 20.5. The molecule has 0 amide bonds. The number of ether oxygens (including phenoxy) is 3. The van der Waals surface area contributed by atoms with Crippen LogP contribution in [-0.4, -0.2) is 41.2 Å². The molecule has 0 unspecified atom stereocenters. The van der Waals surface area contributed by atoms with Gasteiger partial charge in [0.1, 0.15) is 11.4 Å². The third-order valence-corrected chi connectivity index (χ3v) is 5.10. The van der Waals surface area contributed by atoms with Crippen LogP contribution in [0.5, 0.6) is 11.5 Å². The molecule has 2 N–H and O–H groups in total. The molecule has 2 aromatic rings. The fourth-order valence-electron chi connectivity index (χ4n) is 3.19. The van der Waals surface area contributed by atoms with Gasteiger partial charge in [-0.3, -0.25) is 18.7 Å². The Balaban J connectivity index is 2.19. The minimum Gasteiger partial charge on any atom is -0.493 e. The van der Waals surface area contributed by atoms with Gasteiger partial charge >= 0.3 is 11.7 Å². The highest BCUT2D eigenvalue weighted by Gasteiger charge is 2.23. The number of nitrogens with zero attached hydrogens (tertiary/aromatic N) is 2. The molecule has 0 aliphatic heterocycles. The molecular formula is C24H33N3O7. The van der Waals surface area contributed by atoms with Gasteiger partial charge in [-0.25, -0.2) is 9.59 Å². The monoisotopic (exact) mass is 475 g/mol. The van der Waals surface area contributed by atoms with Crippen molar-refractivity contribution >= 4 is 17.6 Å². The van der Waals surface area contributed by atoms with E-state index in [1.54, 1.807) is 6.07 Å². The predicted molar refractivity (Wildman–Crippen MR) is 128 cm³/mol. The van der Waals surface area contributed by atoms with Crippen LogP contribution < -0.4 is 26.5 Å². The van der Waals surface area contributed by atoms with E-state index in [0.29, 0.717) is 24.0 Å². The maximum absolute atomic E-state index is 12.7. The molecule has 0 saturated heterocycles. The van der Waals surface area contributed by atoms with Gasteiger partial charge in [0, 0.05) is 13.6 Å². The molecule has 0 atom stereocenters. The number of aromatic nitrogens is 2. The first kappa shape index (κ1) is 26.7. The molecule has 0 aliphatic rings. The van der Waals surface area contributed by atoms with Crippen LogP contribution in [0.15, 0.2) is 27.8 Å². The van der Waals surface area contributed by atoms with E-state index in [9.17, 15) is 19.2 Å². The summed E-state index contributed by atoms with van der Waals surface area (Å²) in [5, 5.41) is 0. The molecule has 10 nitrogen and oxygen atoms in total. The fraction of sp³-hybridized carbons (Fsp3) is 0.500. The lowest BCUT2D eigenvalue weighted by molar-refractivity contribution is 0.0473. The molecule has 0 bridgehead atoms. The fourth-order valence-corrected chi connectivity index (χ4v) is 3.19. The maximum atomic E-state index is 12.7. The number of carbonyl (C=O) groups is 2. The largest absolute Gasteiger partial charge is 0.493 e. The molecule has 2 rings (SSSR count). The number of nitrogen functional groups attached to an aromatic ring is 1. The first-order chi connectivity index (χ1) is 16.0. The van der Waals surface area contributed by atoms with Gasteiger partial charge in [0.15, 0.2) is 18.1 Å². The van der Waals surface area contributed by atoms with E-state index in [1.807, 2.05) is 13.8 Å². The molecule has 0 spiro atoms. The van der Waals surface area contributed by atoms with Crippen molar-refractivity contribution in [2.75, 3.05) is 26.1 Å². The van der Waals surface area contributed by atoms with E-state index >= 15 is 0 Å². The summed E-state index contributed by atoms with van der Waals surface area (Å²) in [6.45, 7) is 7.93. The van der Waals surface area contributed by atoms with Gasteiger partial charge in [-0.2, -0.15) is 0 Å². The van der Waals surface area contributed by atoms with Crippen molar-refractivity contribution in [3.8, 4) is 11.5 Å². The Morgan fingerprint density at radius 1 is 1.06 bits per heavy atom. The third kappa shape index (κ3) is 6.27. The first-order valence-electron chi connectivity index (χ1n) is 11.1. The van der Waals surface area contributed by atoms with Gasteiger partial charge in [0.2, 0.25) is 5.78 Å². The molecule has 0 aliphatic carbocycles. The van der Waals surface area contributed by atoms with Crippen molar-refractivity contribution in [1.82, 2.24) is 9.13 Å². The SMILES string of the molecule is COc1cc(C(=O)OCC(=O)c2c(N)n(CC(C)C)c(=O)n(C)c2=O)ccc1OCCC(C)C. The average Bonchev–Trinajstić information content (AvgIpc) is 2.78. The first-order valence-corrected chi connectivity index (χ1v) is 11.1. The van der Waals surface area contributed by atoms with Crippen LogP contribution in [0.1, 0.15) is 54.8 Å². The zero-order chi connectivity index (χ0) is 25.6. The van der Waals surface area contributed by atoms with Crippen LogP contribution in [0.2, 0.25) is 0 Å². The van der Waals surface area contributed by atoms with Crippen molar-refractivity contribution in [1.29, 1.82) is 0 Å². The quantitative estimate of drug-likeness (QED) is 0.387. The highest BCUT2D eigenvalue weighted by Crippen LogP contribution is 2.28. The summed E-state index contributed by atoms with van der Waals surface area (Å²) >= 11 is 0. The highest BCUT2D eigenvalue weighted by molar-refractivity contribution is 6.02. The third-order valence-electron chi connectivity index (χ3n) is 5.10. The number of benzene rings is 1. The molecule has 0 fully saturated rings.